The van der Waals surface area contributed by atoms with E-state index in [-0.39, 0.29) is 0 Å². The summed E-state index contributed by atoms with van der Waals surface area (Å²) in [6.07, 6.45) is 4.99. The Morgan fingerprint density at radius 3 is 2.92 bits per heavy atom. The first kappa shape index (κ1) is 17.9. The van der Waals surface area contributed by atoms with Crippen LogP contribution in [0.1, 0.15) is 48.7 Å². The molecule has 1 aliphatic rings. The van der Waals surface area contributed by atoms with E-state index in [1.807, 2.05) is 24.3 Å². The minimum absolute atomic E-state index is 0.568. The second-order valence-corrected chi connectivity index (χ2v) is 6.88. The summed E-state index contributed by atoms with van der Waals surface area (Å²) in [7, 11) is 0. The zero-order valence-corrected chi connectivity index (χ0v) is 15.3. The molecular formula is C21H25N5. The summed E-state index contributed by atoms with van der Waals surface area (Å²) in [5.41, 5.74) is 10.1. The van der Waals surface area contributed by atoms with Gasteiger partial charge in [0.1, 0.15) is 17.5 Å². The molecule has 1 aliphatic heterocycles. The normalized spacial score (nSPS) is 13.4. The van der Waals surface area contributed by atoms with Crippen LogP contribution in [0.4, 0.5) is 11.6 Å². The van der Waals surface area contributed by atoms with Crippen molar-refractivity contribution in [2.45, 2.75) is 45.6 Å². The van der Waals surface area contributed by atoms with Crippen molar-refractivity contribution in [3.8, 4) is 6.07 Å². The minimum atomic E-state index is 0.568. The Labute approximate surface area is 155 Å². The highest BCUT2D eigenvalue weighted by atomic mass is 15.2. The molecule has 2 heterocycles. The third-order valence-corrected chi connectivity index (χ3v) is 4.64. The van der Waals surface area contributed by atoms with Gasteiger partial charge in [0.15, 0.2) is 0 Å². The van der Waals surface area contributed by atoms with Crippen LogP contribution in [0, 0.1) is 11.3 Å². The molecule has 0 bridgehead atoms. The maximum atomic E-state index is 9.13. The van der Waals surface area contributed by atoms with Gasteiger partial charge in [-0.05, 0) is 24.1 Å². The molecule has 0 saturated heterocycles. The van der Waals surface area contributed by atoms with Crippen molar-refractivity contribution >= 4 is 11.6 Å². The summed E-state index contributed by atoms with van der Waals surface area (Å²) in [6, 6.07) is 9.88. The molecule has 2 aromatic rings. The lowest BCUT2D eigenvalue weighted by Gasteiger charge is -2.32. The molecular weight excluding hydrogens is 322 g/mol. The fourth-order valence-electron chi connectivity index (χ4n) is 3.35. The fraction of sp³-hybridized carbons (Fsp3) is 0.381. The van der Waals surface area contributed by atoms with E-state index in [0.29, 0.717) is 17.9 Å². The molecule has 26 heavy (non-hydrogen) atoms. The average molecular weight is 347 g/mol. The van der Waals surface area contributed by atoms with Gasteiger partial charge in [-0.3, -0.25) is 0 Å². The van der Waals surface area contributed by atoms with Gasteiger partial charge in [-0.15, -0.1) is 0 Å². The zero-order chi connectivity index (χ0) is 18.5. The van der Waals surface area contributed by atoms with E-state index in [2.05, 4.69) is 29.5 Å². The monoisotopic (exact) mass is 347 g/mol. The summed E-state index contributed by atoms with van der Waals surface area (Å²) in [6.45, 7) is 7.76. The van der Waals surface area contributed by atoms with Crippen LogP contribution in [0.5, 0.6) is 0 Å². The largest absolute Gasteiger partial charge is 0.383 e. The van der Waals surface area contributed by atoms with Crippen molar-refractivity contribution in [3.05, 3.63) is 58.9 Å². The first-order chi connectivity index (χ1) is 12.6. The Morgan fingerprint density at radius 1 is 1.31 bits per heavy atom. The van der Waals surface area contributed by atoms with Crippen molar-refractivity contribution in [1.29, 1.82) is 5.26 Å². The number of nitrogens with zero attached hydrogens (tertiary/aromatic N) is 4. The van der Waals surface area contributed by atoms with E-state index < -0.39 is 0 Å². The SMILES string of the molecule is C=C1Cc2c(N)nc(CCCCC)nc2N(Cc2cccc(C#N)c2)C1. The van der Waals surface area contributed by atoms with E-state index in [1.54, 1.807) is 0 Å². The van der Waals surface area contributed by atoms with Gasteiger partial charge in [-0.25, -0.2) is 9.97 Å². The number of anilines is 2. The molecule has 0 atom stereocenters. The molecule has 0 saturated carbocycles. The number of nitrogens with two attached hydrogens (primary N) is 1. The molecule has 0 radical (unpaired) electrons. The van der Waals surface area contributed by atoms with Crippen LogP contribution in [-0.2, 0) is 19.4 Å². The number of aromatic nitrogens is 2. The summed E-state index contributed by atoms with van der Waals surface area (Å²) in [5.74, 6) is 2.30. The third-order valence-electron chi connectivity index (χ3n) is 4.64. The highest BCUT2D eigenvalue weighted by Crippen LogP contribution is 2.32. The number of aryl methyl sites for hydroxylation is 1. The van der Waals surface area contributed by atoms with Gasteiger partial charge in [0, 0.05) is 31.5 Å². The molecule has 0 fully saturated rings. The molecule has 0 aliphatic carbocycles. The summed E-state index contributed by atoms with van der Waals surface area (Å²) in [4.78, 5) is 11.5. The van der Waals surface area contributed by atoms with Crippen LogP contribution >= 0.6 is 0 Å². The first-order valence-corrected chi connectivity index (χ1v) is 9.16. The number of fused-ring (bicyclic) bond motifs is 1. The molecule has 3 rings (SSSR count). The van der Waals surface area contributed by atoms with E-state index >= 15 is 0 Å². The maximum absolute atomic E-state index is 9.13. The Bertz CT molecular complexity index is 850. The number of hydrogen-bond donors (Lipinski definition) is 1. The molecule has 0 unspecified atom stereocenters. The lowest BCUT2D eigenvalue weighted by Crippen LogP contribution is -2.32. The van der Waals surface area contributed by atoms with Gasteiger partial charge in [-0.2, -0.15) is 5.26 Å². The molecule has 134 valence electrons. The average Bonchev–Trinajstić information content (AvgIpc) is 2.63. The summed E-state index contributed by atoms with van der Waals surface area (Å²) >= 11 is 0. The van der Waals surface area contributed by atoms with Crippen LogP contribution in [0.2, 0.25) is 0 Å². The minimum Gasteiger partial charge on any atom is -0.383 e. The maximum Gasteiger partial charge on any atom is 0.138 e. The molecule has 5 heteroatoms. The number of rotatable bonds is 6. The topological polar surface area (TPSA) is 78.8 Å². The van der Waals surface area contributed by atoms with Gasteiger partial charge >= 0.3 is 0 Å². The van der Waals surface area contributed by atoms with Gasteiger partial charge in [0.2, 0.25) is 0 Å². The van der Waals surface area contributed by atoms with E-state index in [9.17, 15) is 0 Å². The summed E-state index contributed by atoms with van der Waals surface area (Å²) in [5, 5.41) is 9.13. The second-order valence-electron chi connectivity index (χ2n) is 6.88. The van der Waals surface area contributed by atoms with Crippen molar-refractivity contribution in [1.82, 2.24) is 9.97 Å². The number of nitriles is 1. The number of hydrogen-bond acceptors (Lipinski definition) is 5. The molecule has 1 aromatic heterocycles. The molecule has 0 amide bonds. The number of unbranched alkanes of at least 4 members (excludes halogenated alkanes) is 2. The third kappa shape index (κ3) is 4.02. The highest BCUT2D eigenvalue weighted by molar-refractivity contribution is 5.62. The number of benzene rings is 1. The van der Waals surface area contributed by atoms with Crippen molar-refractivity contribution in [2.75, 3.05) is 17.2 Å². The molecule has 0 spiro atoms. The summed E-state index contributed by atoms with van der Waals surface area (Å²) < 4.78 is 0. The second kappa shape index (κ2) is 8.01. The Morgan fingerprint density at radius 2 is 2.15 bits per heavy atom. The lowest BCUT2D eigenvalue weighted by atomic mass is 10.0. The van der Waals surface area contributed by atoms with Crippen molar-refractivity contribution in [2.24, 2.45) is 0 Å². The van der Waals surface area contributed by atoms with Crippen LogP contribution in [0.25, 0.3) is 0 Å². The van der Waals surface area contributed by atoms with Crippen molar-refractivity contribution < 1.29 is 0 Å². The van der Waals surface area contributed by atoms with Gasteiger partial charge < -0.3 is 10.6 Å². The van der Waals surface area contributed by atoms with Crippen molar-refractivity contribution in [3.63, 3.8) is 0 Å². The molecule has 5 nitrogen and oxygen atoms in total. The predicted molar refractivity (Wildman–Crippen MR) is 105 cm³/mol. The Hall–Kier alpha value is -2.87. The van der Waals surface area contributed by atoms with E-state index in [0.717, 1.165) is 54.1 Å². The van der Waals surface area contributed by atoms with Crippen LogP contribution in [0.3, 0.4) is 0 Å². The first-order valence-electron chi connectivity index (χ1n) is 9.16. The fourth-order valence-corrected chi connectivity index (χ4v) is 3.35. The smallest absolute Gasteiger partial charge is 0.138 e. The zero-order valence-electron chi connectivity index (χ0n) is 15.3. The predicted octanol–water partition coefficient (Wildman–Crippen LogP) is 3.78. The van der Waals surface area contributed by atoms with Gasteiger partial charge in [0.05, 0.1) is 11.6 Å². The molecule has 2 N–H and O–H groups in total. The highest BCUT2D eigenvalue weighted by Gasteiger charge is 2.24. The van der Waals surface area contributed by atoms with E-state index in [1.165, 1.54) is 12.8 Å². The van der Waals surface area contributed by atoms with Gasteiger partial charge in [0.25, 0.3) is 0 Å². The standard InChI is InChI=1S/C21H25N5/c1-3-4-5-9-19-24-20(23)18-10-15(2)13-26(21(18)25-19)14-17-8-6-7-16(11-17)12-22/h6-8,11H,2-5,9-10,13-14H2,1H3,(H2,23,24,25). The Kier molecular flexibility index (Phi) is 5.52. The molecule has 1 aromatic carbocycles. The number of nitrogen functional groups attached to an aromatic ring is 1. The lowest BCUT2D eigenvalue weighted by molar-refractivity contribution is 0.685. The Balaban J connectivity index is 1.90. The quantitative estimate of drug-likeness (QED) is 0.635. The van der Waals surface area contributed by atoms with Gasteiger partial charge in [-0.1, -0.05) is 44.1 Å². The van der Waals surface area contributed by atoms with Crippen LogP contribution in [0.15, 0.2) is 36.4 Å². The van der Waals surface area contributed by atoms with E-state index in [4.69, 9.17) is 16.0 Å². The van der Waals surface area contributed by atoms with Crippen LogP contribution in [-0.4, -0.2) is 16.5 Å². The van der Waals surface area contributed by atoms with Crippen LogP contribution < -0.4 is 10.6 Å².